The Labute approximate surface area is 66.2 Å². The lowest BCUT2D eigenvalue weighted by molar-refractivity contribution is 0.782. The van der Waals surface area contributed by atoms with E-state index < -0.39 is 0 Å². The van der Waals surface area contributed by atoms with Gasteiger partial charge in [-0.1, -0.05) is 13.3 Å². The summed E-state index contributed by atoms with van der Waals surface area (Å²) in [6, 6.07) is 0. The summed E-state index contributed by atoms with van der Waals surface area (Å²) in [6.07, 6.45) is 4.73. The predicted molar refractivity (Wildman–Crippen MR) is 45.4 cm³/mol. The van der Waals surface area contributed by atoms with E-state index in [0.717, 1.165) is 25.0 Å². The molecule has 4 nitrogen and oxygen atoms in total. The maximum Gasteiger partial charge on any atom is 0.145 e. The summed E-state index contributed by atoms with van der Waals surface area (Å²) in [5.41, 5.74) is 6.53. The second-order valence-corrected chi connectivity index (χ2v) is 2.59. The molecule has 62 valence electrons. The first-order valence-electron chi connectivity index (χ1n) is 3.82. The molecule has 0 atom stereocenters. The van der Waals surface area contributed by atoms with Gasteiger partial charge in [0.2, 0.25) is 0 Å². The van der Waals surface area contributed by atoms with Crippen LogP contribution in [-0.2, 0) is 6.42 Å². The molecule has 1 aromatic rings. The van der Waals surface area contributed by atoms with Crippen LogP contribution in [0, 0.1) is 0 Å². The third-order valence-electron chi connectivity index (χ3n) is 1.68. The number of aromatic nitrogens is 2. The van der Waals surface area contributed by atoms with E-state index in [9.17, 15) is 0 Å². The summed E-state index contributed by atoms with van der Waals surface area (Å²) in [5.74, 6) is 6.02. The fraction of sp³-hybridized carbons (Fsp3) is 0.571. The third-order valence-corrected chi connectivity index (χ3v) is 1.68. The second kappa shape index (κ2) is 3.27. The molecule has 0 saturated carbocycles. The molecular formula is C7H14N4. The number of nitrogens with zero attached hydrogens (tertiary/aromatic N) is 2. The Kier molecular flexibility index (Phi) is 2.36. The van der Waals surface area contributed by atoms with Gasteiger partial charge in [0, 0.05) is 0 Å². The van der Waals surface area contributed by atoms with Crippen molar-refractivity contribution in [2.45, 2.75) is 26.2 Å². The number of aryl methyl sites for hydroxylation is 1. The second-order valence-electron chi connectivity index (χ2n) is 2.59. The summed E-state index contributed by atoms with van der Waals surface area (Å²) in [5, 5.41) is 0. The molecule has 0 unspecified atom stereocenters. The molecule has 1 heterocycles. The topological polar surface area (TPSA) is 69.9 Å². The van der Waals surface area contributed by atoms with Gasteiger partial charge in [0.25, 0.3) is 0 Å². The van der Waals surface area contributed by atoms with Crippen LogP contribution in [0.15, 0.2) is 6.33 Å². The van der Waals surface area contributed by atoms with E-state index in [4.69, 9.17) is 11.6 Å². The Morgan fingerprint density at radius 2 is 2.36 bits per heavy atom. The van der Waals surface area contributed by atoms with Crippen molar-refractivity contribution in [1.29, 1.82) is 0 Å². The first kappa shape index (κ1) is 7.91. The maximum atomic E-state index is 5.62. The van der Waals surface area contributed by atoms with Gasteiger partial charge in [-0.05, 0) is 12.8 Å². The molecule has 1 rings (SSSR count). The monoisotopic (exact) mass is 154 g/mol. The molecule has 11 heavy (non-hydrogen) atoms. The first-order valence-corrected chi connectivity index (χ1v) is 3.82. The van der Waals surface area contributed by atoms with Gasteiger partial charge < -0.3 is 11.6 Å². The summed E-state index contributed by atoms with van der Waals surface area (Å²) in [4.78, 5) is 4.07. The molecule has 0 aliphatic carbocycles. The highest BCUT2D eigenvalue weighted by Crippen LogP contribution is 2.09. The average Bonchev–Trinajstić information content (AvgIpc) is 2.31. The van der Waals surface area contributed by atoms with Crippen LogP contribution in [0.3, 0.4) is 0 Å². The number of imidazole rings is 1. The van der Waals surface area contributed by atoms with Crippen molar-refractivity contribution in [3.63, 3.8) is 0 Å². The van der Waals surface area contributed by atoms with E-state index in [1.54, 1.807) is 6.33 Å². The Morgan fingerprint density at radius 3 is 2.82 bits per heavy atom. The fourth-order valence-corrected chi connectivity index (χ4v) is 0.946. The summed E-state index contributed by atoms with van der Waals surface area (Å²) in [6.45, 7) is 2.13. The largest absolute Gasteiger partial charge is 0.382 e. The standard InChI is InChI=1S/C7H14N4/c1-2-3-4-6-7(8)11(9)5-10-6/h5H,2-4,8-9H2,1H3. The number of hydrogen-bond donors (Lipinski definition) is 2. The number of nitrogen functional groups attached to an aromatic ring is 2. The SMILES string of the molecule is CCCCc1ncn(N)c1N. The Morgan fingerprint density at radius 1 is 1.64 bits per heavy atom. The lowest BCUT2D eigenvalue weighted by atomic mass is 10.2. The van der Waals surface area contributed by atoms with Crippen LogP contribution in [0.25, 0.3) is 0 Å². The number of rotatable bonds is 3. The van der Waals surface area contributed by atoms with E-state index in [1.165, 1.54) is 4.68 Å². The summed E-state index contributed by atoms with van der Waals surface area (Å²) < 4.78 is 1.35. The Bertz CT molecular complexity index is 228. The van der Waals surface area contributed by atoms with Gasteiger partial charge >= 0.3 is 0 Å². The zero-order valence-corrected chi connectivity index (χ0v) is 6.75. The van der Waals surface area contributed by atoms with Crippen LogP contribution < -0.4 is 11.6 Å². The molecule has 4 N–H and O–H groups in total. The molecule has 1 aromatic heterocycles. The zero-order chi connectivity index (χ0) is 8.27. The van der Waals surface area contributed by atoms with Crippen LogP contribution in [0.1, 0.15) is 25.5 Å². The molecule has 0 aromatic carbocycles. The Hall–Kier alpha value is -1.19. The molecule has 0 fully saturated rings. The molecule has 0 aliphatic heterocycles. The van der Waals surface area contributed by atoms with E-state index >= 15 is 0 Å². The quantitative estimate of drug-likeness (QED) is 0.623. The van der Waals surface area contributed by atoms with Gasteiger partial charge in [0.05, 0.1) is 5.69 Å². The lowest BCUT2D eigenvalue weighted by Gasteiger charge is -1.97. The molecule has 0 spiro atoms. The molecule has 4 heteroatoms. The van der Waals surface area contributed by atoms with Crippen molar-refractivity contribution < 1.29 is 0 Å². The zero-order valence-electron chi connectivity index (χ0n) is 6.75. The molecule has 0 bridgehead atoms. The van der Waals surface area contributed by atoms with Gasteiger partial charge in [-0.25, -0.2) is 9.66 Å². The normalized spacial score (nSPS) is 10.3. The predicted octanol–water partition coefficient (Wildman–Crippen LogP) is 0.522. The smallest absolute Gasteiger partial charge is 0.145 e. The highest BCUT2D eigenvalue weighted by Gasteiger charge is 2.03. The molecule has 0 saturated heterocycles. The average molecular weight is 154 g/mol. The fourth-order valence-electron chi connectivity index (χ4n) is 0.946. The van der Waals surface area contributed by atoms with Gasteiger partial charge in [-0.15, -0.1) is 0 Å². The van der Waals surface area contributed by atoms with E-state index in [0.29, 0.717) is 5.82 Å². The summed E-state index contributed by atoms with van der Waals surface area (Å²) >= 11 is 0. The molecule has 0 aliphatic rings. The van der Waals surface area contributed by atoms with Crippen LogP contribution in [0.2, 0.25) is 0 Å². The van der Waals surface area contributed by atoms with Crippen molar-refractivity contribution in [2.75, 3.05) is 11.6 Å². The minimum absolute atomic E-state index is 0.582. The number of hydrogen-bond acceptors (Lipinski definition) is 3. The minimum atomic E-state index is 0.582. The Balaban J connectivity index is 2.63. The molecule has 0 amide bonds. The van der Waals surface area contributed by atoms with E-state index in [-0.39, 0.29) is 0 Å². The van der Waals surface area contributed by atoms with Crippen molar-refractivity contribution >= 4 is 5.82 Å². The van der Waals surface area contributed by atoms with Gasteiger partial charge in [-0.3, -0.25) is 0 Å². The van der Waals surface area contributed by atoms with E-state index in [1.807, 2.05) is 0 Å². The van der Waals surface area contributed by atoms with Crippen molar-refractivity contribution in [3.05, 3.63) is 12.0 Å². The van der Waals surface area contributed by atoms with Crippen LogP contribution >= 0.6 is 0 Å². The van der Waals surface area contributed by atoms with Crippen molar-refractivity contribution in [1.82, 2.24) is 9.66 Å². The lowest BCUT2D eigenvalue weighted by Crippen LogP contribution is -2.10. The number of unbranched alkanes of at least 4 members (excludes halogenated alkanes) is 1. The highest BCUT2D eigenvalue weighted by molar-refractivity contribution is 5.35. The van der Waals surface area contributed by atoms with Crippen molar-refractivity contribution in [3.8, 4) is 0 Å². The molecule has 0 radical (unpaired) electrons. The van der Waals surface area contributed by atoms with Crippen LogP contribution in [0.4, 0.5) is 5.82 Å². The first-order chi connectivity index (χ1) is 5.25. The van der Waals surface area contributed by atoms with E-state index in [2.05, 4.69) is 11.9 Å². The van der Waals surface area contributed by atoms with Gasteiger partial charge in [0.15, 0.2) is 0 Å². The van der Waals surface area contributed by atoms with Gasteiger partial charge in [0.1, 0.15) is 12.1 Å². The minimum Gasteiger partial charge on any atom is -0.382 e. The summed E-state index contributed by atoms with van der Waals surface area (Å²) in [7, 11) is 0. The number of anilines is 1. The van der Waals surface area contributed by atoms with Crippen molar-refractivity contribution in [2.24, 2.45) is 0 Å². The highest BCUT2D eigenvalue weighted by atomic mass is 15.3. The van der Waals surface area contributed by atoms with Gasteiger partial charge in [-0.2, -0.15) is 0 Å². The van der Waals surface area contributed by atoms with Crippen LogP contribution in [-0.4, -0.2) is 9.66 Å². The number of nitrogens with two attached hydrogens (primary N) is 2. The maximum absolute atomic E-state index is 5.62. The molecular weight excluding hydrogens is 140 g/mol. The third kappa shape index (κ3) is 1.63. The van der Waals surface area contributed by atoms with Crippen LogP contribution in [0.5, 0.6) is 0 Å².